The zero-order valence-corrected chi connectivity index (χ0v) is 33.3. The molecule has 7 heterocycles. The molecule has 0 saturated carbocycles. The first-order valence-corrected chi connectivity index (χ1v) is 21.2. The van der Waals surface area contributed by atoms with E-state index in [-0.39, 0.29) is 29.4 Å². The number of nitrogens with one attached hydrogen (secondary N) is 2. The van der Waals surface area contributed by atoms with E-state index in [9.17, 15) is 23.5 Å². The molecule has 3 N–H and O–H groups in total. The van der Waals surface area contributed by atoms with Crippen molar-refractivity contribution in [2.45, 2.75) is 51.6 Å². The van der Waals surface area contributed by atoms with Crippen molar-refractivity contribution in [1.29, 1.82) is 0 Å². The molecule has 1 fully saturated rings. The van der Waals surface area contributed by atoms with Crippen LogP contribution in [0.1, 0.15) is 56.0 Å². The van der Waals surface area contributed by atoms with Crippen molar-refractivity contribution in [3.05, 3.63) is 91.7 Å². The molecule has 13 nitrogen and oxygen atoms in total. The first-order valence-electron chi connectivity index (χ1n) is 19.6. The number of aliphatic imine (C=N–C) groups is 2. The normalized spacial score (nSPS) is 18.8. The lowest BCUT2D eigenvalue weighted by atomic mass is 9.86. The number of halogens is 2. The molecule has 59 heavy (non-hydrogen) atoms. The summed E-state index contributed by atoms with van der Waals surface area (Å²) in [4.78, 5) is 56.1. The van der Waals surface area contributed by atoms with Gasteiger partial charge in [0.2, 0.25) is 5.91 Å². The molecule has 2 aliphatic carbocycles. The summed E-state index contributed by atoms with van der Waals surface area (Å²) in [6, 6.07) is 6.57. The average Bonchev–Trinajstić information content (AvgIpc) is 4.06. The van der Waals surface area contributed by atoms with Crippen LogP contribution in [0.3, 0.4) is 0 Å². The number of rotatable bonds is 6. The third-order valence-electron chi connectivity index (χ3n) is 11.7. The fraction of sp³-hybridized carbons (Fsp3) is 0.333. The van der Waals surface area contributed by atoms with E-state index >= 15 is 0 Å². The highest BCUT2D eigenvalue weighted by Crippen LogP contribution is 2.43. The van der Waals surface area contributed by atoms with Gasteiger partial charge in [-0.15, -0.1) is 22.7 Å². The minimum absolute atomic E-state index is 0.00790. The molecule has 1 amide bonds. The van der Waals surface area contributed by atoms with Crippen LogP contribution in [0.2, 0.25) is 0 Å². The van der Waals surface area contributed by atoms with E-state index in [1.54, 1.807) is 35.9 Å². The van der Waals surface area contributed by atoms with Gasteiger partial charge in [-0.25, -0.2) is 28.7 Å². The number of aromatic nitrogens is 4. The lowest BCUT2D eigenvalue weighted by molar-refractivity contribution is -0.142. The van der Waals surface area contributed by atoms with Crippen LogP contribution in [-0.4, -0.2) is 80.6 Å². The average molecular weight is 834 g/mol. The quantitative estimate of drug-likeness (QED) is 0.157. The number of morpholine rings is 1. The predicted molar refractivity (Wildman–Crippen MR) is 223 cm³/mol. The number of aryl methyl sites for hydroxylation is 2. The van der Waals surface area contributed by atoms with Crippen LogP contribution in [0.15, 0.2) is 46.9 Å². The highest BCUT2D eigenvalue weighted by molar-refractivity contribution is 7.19. The Bertz CT molecular complexity index is 2750. The number of thiophene rings is 2. The van der Waals surface area contributed by atoms with Crippen LogP contribution in [0.4, 0.5) is 31.8 Å². The molecule has 11 rings (SSSR count). The number of carboxylic acids is 1. The zero-order valence-electron chi connectivity index (χ0n) is 31.6. The van der Waals surface area contributed by atoms with Crippen molar-refractivity contribution in [2.75, 3.05) is 36.9 Å². The molecule has 300 valence electrons. The highest BCUT2D eigenvalue weighted by atomic mass is 32.1. The number of anilines is 4. The number of hydrogen-bond acceptors (Lipinski definition) is 13. The zero-order chi connectivity index (χ0) is 40.2. The molecule has 0 unspecified atom stereocenters. The van der Waals surface area contributed by atoms with E-state index in [1.165, 1.54) is 46.6 Å². The van der Waals surface area contributed by atoms with Crippen LogP contribution in [0.5, 0.6) is 0 Å². The van der Waals surface area contributed by atoms with Crippen molar-refractivity contribution >= 4 is 90.4 Å². The van der Waals surface area contributed by atoms with Crippen molar-refractivity contribution in [3.8, 4) is 0 Å². The maximum absolute atomic E-state index is 14.7. The Morgan fingerprint density at radius 3 is 1.76 bits per heavy atom. The second-order valence-electron chi connectivity index (χ2n) is 15.2. The molecular formula is C42H37F2N9O4S2. The number of ether oxygens (including phenoxy) is 1. The molecule has 0 bridgehead atoms. The van der Waals surface area contributed by atoms with Gasteiger partial charge in [0.1, 0.15) is 45.6 Å². The second kappa shape index (κ2) is 15.4. The number of benzene rings is 2. The second-order valence-corrected chi connectivity index (χ2v) is 17.4. The minimum Gasteiger partial charge on any atom is -0.481 e. The van der Waals surface area contributed by atoms with Crippen LogP contribution < -0.4 is 10.6 Å². The fourth-order valence-corrected chi connectivity index (χ4v) is 11.1. The van der Waals surface area contributed by atoms with E-state index in [4.69, 9.17) is 4.74 Å². The van der Waals surface area contributed by atoms with E-state index in [1.807, 2.05) is 4.90 Å². The number of carbonyl (C=O) groups is 2. The van der Waals surface area contributed by atoms with Crippen LogP contribution in [0, 0.1) is 23.5 Å². The van der Waals surface area contributed by atoms with Crippen LogP contribution >= 0.6 is 22.7 Å². The van der Waals surface area contributed by atoms with Gasteiger partial charge >= 0.3 is 5.97 Å². The fourth-order valence-electron chi connectivity index (χ4n) is 8.58. The predicted octanol–water partition coefficient (Wildman–Crippen LogP) is 7.17. The van der Waals surface area contributed by atoms with Crippen molar-refractivity contribution in [2.24, 2.45) is 21.8 Å². The Hall–Kier alpha value is -5.78. The van der Waals surface area contributed by atoms with Crippen molar-refractivity contribution < 1.29 is 28.2 Å². The number of nitrogens with zero attached hydrogens (tertiary/aromatic N) is 7. The molecule has 17 heteroatoms. The molecule has 5 aliphatic rings. The summed E-state index contributed by atoms with van der Waals surface area (Å²) in [7, 11) is 0. The van der Waals surface area contributed by atoms with Crippen molar-refractivity contribution in [3.63, 3.8) is 0 Å². The third kappa shape index (κ3) is 7.10. The van der Waals surface area contributed by atoms with Gasteiger partial charge in [-0.3, -0.25) is 19.6 Å². The van der Waals surface area contributed by atoms with E-state index in [0.717, 1.165) is 72.4 Å². The summed E-state index contributed by atoms with van der Waals surface area (Å²) in [5.74, 6) is -0.399. The molecule has 6 aromatic rings. The maximum Gasteiger partial charge on any atom is 0.306 e. The van der Waals surface area contributed by atoms with Gasteiger partial charge in [0.15, 0.2) is 0 Å². The summed E-state index contributed by atoms with van der Waals surface area (Å²) in [6.07, 6.45) is 10.5. The van der Waals surface area contributed by atoms with E-state index < -0.39 is 5.97 Å². The number of aliphatic carboxylic acids is 1. The molecule has 3 aliphatic heterocycles. The van der Waals surface area contributed by atoms with Gasteiger partial charge in [0.05, 0.1) is 54.4 Å². The molecule has 0 spiro atoms. The van der Waals surface area contributed by atoms with Crippen LogP contribution in [0.25, 0.3) is 20.4 Å². The van der Waals surface area contributed by atoms with Gasteiger partial charge in [0, 0.05) is 41.2 Å². The topological polar surface area (TPSA) is 167 Å². The number of carbonyl (C=O) groups excluding carboxylic acids is 1. The van der Waals surface area contributed by atoms with Gasteiger partial charge in [-0.05, 0) is 96.2 Å². The minimum atomic E-state index is -0.760. The van der Waals surface area contributed by atoms with Gasteiger partial charge in [0.25, 0.3) is 0 Å². The standard InChI is InChI=1S/C23H22FN5O2S.C19H15FN4O2S/c24-17-7-14-10-25-11-15(14)8-18(17)28-21-20-16-2-1-13(23(30)29-3-5-31-6-4-29)9-19(16)32-22(20)27-12-26-21;20-13-3-10-6-21-7-11(10)4-14(13)24-17-16-12-2-1-9(19(25)26)5-15(12)27-18(16)23-8-22-17/h7-8,11-13H,1-6,9-10H2,(H,26,27,28);3-4,7-9H,1-2,5-6H2,(H,25,26)(H,22,23,24)/t13-;9-/m00/s1. The molecule has 0 radical (unpaired) electrons. The van der Waals surface area contributed by atoms with Gasteiger partial charge in [-0.1, -0.05) is 0 Å². The molecule has 1 saturated heterocycles. The van der Waals surface area contributed by atoms with E-state index in [2.05, 4.69) is 40.6 Å². The molecular weight excluding hydrogens is 797 g/mol. The van der Waals surface area contributed by atoms with Crippen molar-refractivity contribution in [1.82, 2.24) is 24.8 Å². The first kappa shape index (κ1) is 37.5. The Morgan fingerprint density at radius 1 is 0.729 bits per heavy atom. The number of hydrogen-bond donors (Lipinski definition) is 3. The van der Waals surface area contributed by atoms with Gasteiger partial charge in [-0.2, -0.15) is 0 Å². The summed E-state index contributed by atoms with van der Waals surface area (Å²) < 4.78 is 34.6. The lowest BCUT2D eigenvalue weighted by Crippen LogP contribution is -2.44. The maximum atomic E-state index is 14.7. The summed E-state index contributed by atoms with van der Waals surface area (Å²) in [6.45, 7) is 3.60. The van der Waals surface area contributed by atoms with Gasteiger partial charge < -0.3 is 25.4 Å². The van der Waals surface area contributed by atoms with Crippen LogP contribution in [-0.2, 0) is 53.1 Å². The highest BCUT2D eigenvalue weighted by Gasteiger charge is 2.33. The number of carboxylic acid groups (broad SMARTS) is 1. The Morgan fingerprint density at radius 2 is 1.24 bits per heavy atom. The number of fused-ring (bicyclic) bond motifs is 8. The molecule has 4 aromatic heterocycles. The largest absolute Gasteiger partial charge is 0.481 e. The third-order valence-corrected chi connectivity index (χ3v) is 14.0. The first-order chi connectivity index (χ1) is 28.8. The van der Waals surface area contributed by atoms with E-state index in [0.29, 0.717) is 81.7 Å². The number of amides is 1. The lowest BCUT2D eigenvalue weighted by Gasteiger charge is -2.31. The summed E-state index contributed by atoms with van der Waals surface area (Å²) in [5, 5.41) is 17.4. The Labute approximate surface area is 344 Å². The molecule has 2 aromatic carbocycles. The summed E-state index contributed by atoms with van der Waals surface area (Å²) >= 11 is 3.12. The monoisotopic (exact) mass is 833 g/mol. The summed E-state index contributed by atoms with van der Waals surface area (Å²) in [5.41, 5.74) is 6.59. The molecule has 2 atom stereocenters. The Kier molecular flexibility index (Phi) is 9.81. The smallest absolute Gasteiger partial charge is 0.306 e. The SMILES string of the molecule is O=C(O)[C@H]1CCc2c(sc3ncnc(Nc4cc5c(cc4F)CN=C5)c23)C1.O=C([C@H]1CCc2c(sc3ncnc(Nc4cc5c(cc4F)CN=C5)c23)C1)N1CCOCC1. The Balaban J connectivity index is 0.000000145.